The van der Waals surface area contributed by atoms with E-state index < -0.39 is 0 Å². The number of benzene rings is 1. The molecule has 3 heteroatoms. The summed E-state index contributed by atoms with van der Waals surface area (Å²) in [6.07, 6.45) is 2.02. The smallest absolute Gasteiger partial charge is 0.0831 e. The lowest BCUT2D eigenvalue weighted by Gasteiger charge is -2.28. The predicted octanol–water partition coefficient (Wildman–Crippen LogP) is 0.420. The van der Waals surface area contributed by atoms with Crippen molar-refractivity contribution in [2.45, 2.75) is 25.0 Å². The average molecular weight is 232 g/mol. The lowest BCUT2D eigenvalue weighted by atomic mass is 10.0. The molecule has 2 aliphatic heterocycles. The molecule has 2 N–H and O–H groups in total. The van der Waals surface area contributed by atoms with E-state index in [2.05, 4.69) is 34.5 Å². The van der Waals surface area contributed by atoms with E-state index >= 15 is 0 Å². The summed E-state index contributed by atoms with van der Waals surface area (Å²) in [5.41, 5.74) is 2.96. The number of β-amino-alcohol motifs (C(OH)–C–C–N with tert-alkyl or cyclic N) is 1. The molecule has 3 rings (SSSR count). The Hall–Kier alpha value is -0.900. The van der Waals surface area contributed by atoms with Gasteiger partial charge in [-0.2, -0.15) is 0 Å². The molecule has 0 bridgehead atoms. The molecule has 0 radical (unpaired) electrons. The van der Waals surface area contributed by atoms with Crippen LogP contribution in [0.5, 0.6) is 0 Å². The van der Waals surface area contributed by atoms with Crippen LogP contribution >= 0.6 is 0 Å². The zero-order valence-corrected chi connectivity index (χ0v) is 10.1. The standard InChI is InChI=1S/C14H20N2O/c17-14-10-15-9-13(14)16-7-5-11-3-1-2-4-12(11)6-8-16/h1-4,13-15,17H,5-10H2. The summed E-state index contributed by atoms with van der Waals surface area (Å²) >= 11 is 0. The Morgan fingerprint density at radius 2 is 1.71 bits per heavy atom. The van der Waals surface area contributed by atoms with Crippen LogP contribution in [0.3, 0.4) is 0 Å². The van der Waals surface area contributed by atoms with Crippen LogP contribution in [-0.4, -0.2) is 48.3 Å². The summed E-state index contributed by atoms with van der Waals surface area (Å²) < 4.78 is 0. The van der Waals surface area contributed by atoms with E-state index in [0.29, 0.717) is 6.04 Å². The van der Waals surface area contributed by atoms with Crippen molar-refractivity contribution in [3.8, 4) is 0 Å². The Labute approximate surface area is 102 Å². The minimum absolute atomic E-state index is 0.198. The zero-order chi connectivity index (χ0) is 11.7. The van der Waals surface area contributed by atoms with Gasteiger partial charge >= 0.3 is 0 Å². The van der Waals surface area contributed by atoms with Crippen molar-refractivity contribution >= 4 is 0 Å². The van der Waals surface area contributed by atoms with Gasteiger partial charge in [-0.15, -0.1) is 0 Å². The van der Waals surface area contributed by atoms with E-state index in [1.165, 1.54) is 11.1 Å². The van der Waals surface area contributed by atoms with Crippen LogP contribution in [0.1, 0.15) is 11.1 Å². The van der Waals surface area contributed by atoms with Gasteiger partial charge in [0, 0.05) is 32.2 Å². The van der Waals surface area contributed by atoms with E-state index in [0.717, 1.165) is 39.0 Å². The Morgan fingerprint density at radius 1 is 1.06 bits per heavy atom. The van der Waals surface area contributed by atoms with Crippen LogP contribution in [0.2, 0.25) is 0 Å². The third-order valence-electron chi connectivity index (χ3n) is 4.08. The second kappa shape index (κ2) is 4.77. The molecule has 1 aromatic carbocycles. The molecule has 2 heterocycles. The predicted molar refractivity (Wildman–Crippen MR) is 68.1 cm³/mol. The number of fused-ring (bicyclic) bond motifs is 1. The molecule has 3 nitrogen and oxygen atoms in total. The molecule has 2 unspecified atom stereocenters. The minimum atomic E-state index is -0.198. The lowest BCUT2D eigenvalue weighted by Crippen LogP contribution is -2.44. The van der Waals surface area contributed by atoms with Crippen molar-refractivity contribution in [1.29, 1.82) is 0 Å². The number of hydrogen-bond acceptors (Lipinski definition) is 3. The Balaban J connectivity index is 1.72. The molecule has 92 valence electrons. The van der Waals surface area contributed by atoms with E-state index in [1.807, 2.05) is 0 Å². The van der Waals surface area contributed by atoms with E-state index in [4.69, 9.17) is 0 Å². The second-order valence-electron chi connectivity index (χ2n) is 5.10. The molecule has 2 atom stereocenters. The topological polar surface area (TPSA) is 35.5 Å². The van der Waals surface area contributed by atoms with Crippen LogP contribution < -0.4 is 5.32 Å². The van der Waals surface area contributed by atoms with Crippen molar-refractivity contribution in [1.82, 2.24) is 10.2 Å². The normalized spacial score (nSPS) is 29.9. The van der Waals surface area contributed by atoms with E-state index in [1.54, 1.807) is 0 Å². The summed E-state index contributed by atoms with van der Waals surface area (Å²) in [7, 11) is 0. The molecule has 0 saturated carbocycles. The van der Waals surface area contributed by atoms with Gasteiger partial charge in [-0.1, -0.05) is 24.3 Å². The highest BCUT2D eigenvalue weighted by Crippen LogP contribution is 2.19. The maximum Gasteiger partial charge on any atom is 0.0831 e. The fraction of sp³-hybridized carbons (Fsp3) is 0.571. The second-order valence-corrected chi connectivity index (χ2v) is 5.10. The monoisotopic (exact) mass is 232 g/mol. The third kappa shape index (κ3) is 2.23. The van der Waals surface area contributed by atoms with Crippen LogP contribution in [0.4, 0.5) is 0 Å². The summed E-state index contributed by atoms with van der Waals surface area (Å²) in [4.78, 5) is 2.45. The molecule has 0 aromatic heterocycles. The van der Waals surface area contributed by atoms with Gasteiger partial charge in [-0.05, 0) is 24.0 Å². The van der Waals surface area contributed by atoms with Crippen molar-refractivity contribution in [2.75, 3.05) is 26.2 Å². The first-order valence-electron chi connectivity index (χ1n) is 6.54. The number of nitrogens with one attached hydrogen (secondary N) is 1. The zero-order valence-electron chi connectivity index (χ0n) is 10.1. The average Bonchev–Trinajstić information content (AvgIpc) is 2.66. The molecule has 1 aromatic rings. The Morgan fingerprint density at radius 3 is 2.24 bits per heavy atom. The summed E-state index contributed by atoms with van der Waals surface area (Å²) in [6.45, 7) is 3.81. The highest BCUT2D eigenvalue weighted by Gasteiger charge is 2.31. The largest absolute Gasteiger partial charge is 0.390 e. The first-order chi connectivity index (χ1) is 8.34. The maximum absolute atomic E-state index is 9.95. The fourth-order valence-corrected chi connectivity index (χ4v) is 3.04. The highest BCUT2D eigenvalue weighted by atomic mass is 16.3. The van der Waals surface area contributed by atoms with Crippen molar-refractivity contribution in [3.05, 3.63) is 35.4 Å². The van der Waals surface area contributed by atoms with Crippen molar-refractivity contribution < 1.29 is 5.11 Å². The molecule has 1 fully saturated rings. The van der Waals surface area contributed by atoms with Crippen molar-refractivity contribution in [2.24, 2.45) is 0 Å². The summed E-state index contributed by atoms with van der Waals surface area (Å²) in [5, 5.41) is 13.2. The van der Waals surface area contributed by atoms with Gasteiger partial charge in [0.05, 0.1) is 6.10 Å². The quantitative estimate of drug-likeness (QED) is 0.736. The minimum Gasteiger partial charge on any atom is -0.390 e. The van der Waals surface area contributed by atoms with Gasteiger partial charge in [0.15, 0.2) is 0 Å². The molecule has 0 amide bonds. The van der Waals surface area contributed by atoms with Gasteiger partial charge in [-0.3, -0.25) is 4.90 Å². The van der Waals surface area contributed by atoms with Crippen LogP contribution in [-0.2, 0) is 12.8 Å². The SMILES string of the molecule is OC1CNCC1N1CCc2ccccc2CC1. The first kappa shape index (κ1) is 11.2. The highest BCUT2D eigenvalue weighted by molar-refractivity contribution is 5.28. The first-order valence-corrected chi connectivity index (χ1v) is 6.54. The Bertz CT molecular complexity index is 367. The van der Waals surface area contributed by atoms with Gasteiger partial charge in [0.25, 0.3) is 0 Å². The van der Waals surface area contributed by atoms with Crippen LogP contribution in [0.15, 0.2) is 24.3 Å². The van der Waals surface area contributed by atoms with Crippen LogP contribution in [0.25, 0.3) is 0 Å². The number of aliphatic hydroxyl groups is 1. The molecule has 0 spiro atoms. The van der Waals surface area contributed by atoms with Gasteiger partial charge < -0.3 is 10.4 Å². The van der Waals surface area contributed by atoms with Crippen LogP contribution in [0, 0.1) is 0 Å². The number of hydrogen-bond donors (Lipinski definition) is 2. The third-order valence-corrected chi connectivity index (χ3v) is 4.08. The molecular weight excluding hydrogens is 212 g/mol. The number of aliphatic hydroxyl groups excluding tert-OH is 1. The summed E-state index contributed by atoms with van der Waals surface area (Å²) in [5.74, 6) is 0. The number of rotatable bonds is 1. The molecule has 1 saturated heterocycles. The maximum atomic E-state index is 9.95. The van der Waals surface area contributed by atoms with Gasteiger partial charge in [0.2, 0.25) is 0 Å². The van der Waals surface area contributed by atoms with Gasteiger partial charge in [0.1, 0.15) is 0 Å². The van der Waals surface area contributed by atoms with Gasteiger partial charge in [-0.25, -0.2) is 0 Å². The summed E-state index contributed by atoms with van der Waals surface area (Å²) in [6, 6.07) is 9.04. The molecule has 2 aliphatic rings. The number of nitrogens with zero attached hydrogens (tertiary/aromatic N) is 1. The van der Waals surface area contributed by atoms with Crippen molar-refractivity contribution in [3.63, 3.8) is 0 Å². The Kier molecular flexibility index (Phi) is 3.14. The molecular formula is C14H20N2O. The van der Waals surface area contributed by atoms with E-state index in [-0.39, 0.29) is 6.10 Å². The fourth-order valence-electron chi connectivity index (χ4n) is 3.04. The lowest BCUT2D eigenvalue weighted by molar-refractivity contribution is 0.0858. The molecule has 17 heavy (non-hydrogen) atoms. The van der Waals surface area contributed by atoms with E-state index in [9.17, 15) is 5.11 Å². The molecule has 0 aliphatic carbocycles.